The van der Waals surface area contributed by atoms with Crippen LogP contribution in [0.3, 0.4) is 0 Å². The van der Waals surface area contributed by atoms with Gasteiger partial charge in [-0.1, -0.05) is 6.07 Å². The Morgan fingerprint density at radius 1 is 1.35 bits per heavy atom. The average molecular weight is 328 g/mol. The number of ether oxygens (including phenoxy) is 1. The Morgan fingerprint density at radius 2 is 2.04 bits per heavy atom. The Hall–Kier alpha value is -1.76. The fourth-order valence-electron chi connectivity index (χ4n) is 3.42. The molecule has 1 aromatic rings. The first-order chi connectivity index (χ1) is 10.8. The van der Waals surface area contributed by atoms with E-state index in [1.54, 1.807) is 13.1 Å². The molecular weight excluding hydrogens is 309 g/mol. The van der Waals surface area contributed by atoms with Gasteiger partial charge in [-0.05, 0) is 49.9 Å². The molecule has 1 amide bonds. The molecule has 4 nitrogen and oxygen atoms in total. The molecule has 126 valence electrons. The number of carbonyl (C=O) groups is 1. The second kappa shape index (κ2) is 5.70. The minimum absolute atomic E-state index is 0.0261. The molecule has 2 fully saturated rings. The Bertz CT molecular complexity index is 597. The van der Waals surface area contributed by atoms with E-state index in [0.717, 1.165) is 32.4 Å². The molecule has 1 aromatic carbocycles. The molecule has 1 heterocycles. The lowest BCUT2D eigenvalue weighted by molar-refractivity contribution is -0.274. The number of nitrogens with one attached hydrogen (secondary N) is 1. The molecule has 3 rings (SSSR count). The molecular formula is C16H19F3N2O2. The summed E-state index contributed by atoms with van der Waals surface area (Å²) in [6.07, 6.45) is -1.91. The average Bonchev–Trinajstić information content (AvgIpc) is 3.18. The number of anilines is 1. The zero-order chi connectivity index (χ0) is 16.7. The van der Waals surface area contributed by atoms with Gasteiger partial charge >= 0.3 is 6.36 Å². The molecule has 1 aliphatic carbocycles. The fourth-order valence-corrected chi connectivity index (χ4v) is 3.42. The van der Waals surface area contributed by atoms with Gasteiger partial charge in [-0.3, -0.25) is 4.79 Å². The minimum atomic E-state index is -4.74. The number of carbonyl (C=O) groups excluding carboxylic acids is 1. The molecule has 1 N–H and O–H groups in total. The summed E-state index contributed by atoms with van der Waals surface area (Å²) in [6, 6.07) is 5.52. The van der Waals surface area contributed by atoms with Crippen LogP contribution in [0.15, 0.2) is 24.3 Å². The quantitative estimate of drug-likeness (QED) is 0.927. The van der Waals surface area contributed by atoms with Crippen LogP contribution in [0.5, 0.6) is 5.75 Å². The van der Waals surface area contributed by atoms with Crippen LogP contribution in [-0.4, -0.2) is 32.4 Å². The van der Waals surface area contributed by atoms with Crippen molar-refractivity contribution in [3.63, 3.8) is 0 Å². The Labute approximate surface area is 132 Å². The molecule has 0 aromatic heterocycles. The summed E-state index contributed by atoms with van der Waals surface area (Å²) < 4.78 is 40.8. The van der Waals surface area contributed by atoms with E-state index in [2.05, 4.69) is 10.1 Å². The van der Waals surface area contributed by atoms with Crippen LogP contribution in [0.2, 0.25) is 0 Å². The van der Waals surface area contributed by atoms with Gasteiger partial charge in [-0.25, -0.2) is 0 Å². The van der Waals surface area contributed by atoms with Crippen molar-refractivity contribution in [2.45, 2.75) is 25.6 Å². The molecule has 7 heteroatoms. The molecule has 1 unspecified atom stereocenters. The number of hydrogen-bond donors (Lipinski definition) is 1. The molecule has 1 saturated heterocycles. The zero-order valence-electron chi connectivity index (χ0n) is 12.8. The third-order valence-electron chi connectivity index (χ3n) is 4.86. The van der Waals surface area contributed by atoms with Crippen LogP contribution in [0.4, 0.5) is 18.9 Å². The number of hydrogen-bond acceptors (Lipinski definition) is 3. The lowest BCUT2D eigenvalue weighted by Gasteiger charge is -2.25. The first-order valence-corrected chi connectivity index (χ1v) is 7.65. The molecule has 1 spiro atoms. The monoisotopic (exact) mass is 328 g/mol. The van der Waals surface area contributed by atoms with Gasteiger partial charge in [0.15, 0.2) is 0 Å². The van der Waals surface area contributed by atoms with E-state index in [0.29, 0.717) is 5.69 Å². The summed E-state index contributed by atoms with van der Waals surface area (Å²) in [6.45, 7) is 1.84. The number of amides is 1. The van der Waals surface area contributed by atoms with Crippen LogP contribution in [-0.2, 0) is 4.79 Å². The highest BCUT2D eigenvalue weighted by Crippen LogP contribution is 2.59. The van der Waals surface area contributed by atoms with Crippen molar-refractivity contribution in [3.05, 3.63) is 24.3 Å². The van der Waals surface area contributed by atoms with Crippen LogP contribution in [0, 0.1) is 11.3 Å². The van der Waals surface area contributed by atoms with Crippen molar-refractivity contribution in [1.82, 2.24) is 5.32 Å². The summed E-state index contributed by atoms with van der Waals surface area (Å²) in [5, 5.41) is 3.28. The maximum Gasteiger partial charge on any atom is 0.573 e. The topological polar surface area (TPSA) is 41.6 Å². The first kappa shape index (κ1) is 16.1. The molecule has 1 atom stereocenters. The van der Waals surface area contributed by atoms with Crippen molar-refractivity contribution < 1.29 is 22.7 Å². The third kappa shape index (κ3) is 3.44. The van der Waals surface area contributed by atoms with Crippen molar-refractivity contribution >= 4 is 11.6 Å². The largest absolute Gasteiger partial charge is 0.573 e. The highest BCUT2D eigenvalue weighted by atomic mass is 19.4. The summed E-state index contributed by atoms with van der Waals surface area (Å²) >= 11 is 0. The molecule has 0 bridgehead atoms. The van der Waals surface area contributed by atoms with Gasteiger partial charge in [-0.15, -0.1) is 13.2 Å². The smallest absolute Gasteiger partial charge is 0.406 e. The van der Waals surface area contributed by atoms with Gasteiger partial charge in [0, 0.05) is 24.7 Å². The highest BCUT2D eigenvalue weighted by Gasteiger charge is 2.58. The maximum atomic E-state index is 12.6. The van der Waals surface area contributed by atoms with E-state index in [1.165, 1.54) is 23.1 Å². The summed E-state index contributed by atoms with van der Waals surface area (Å²) in [5.41, 5.74) is 0.504. The maximum absolute atomic E-state index is 12.6. The molecule has 23 heavy (non-hydrogen) atoms. The normalized spacial score (nSPS) is 22.7. The van der Waals surface area contributed by atoms with Crippen molar-refractivity contribution in [2.24, 2.45) is 11.3 Å². The molecule has 0 radical (unpaired) electrons. The number of piperidine rings is 1. The van der Waals surface area contributed by atoms with Gasteiger partial charge in [-0.2, -0.15) is 0 Å². The Morgan fingerprint density at radius 3 is 2.70 bits per heavy atom. The second-order valence-electron chi connectivity index (χ2n) is 6.31. The van der Waals surface area contributed by atoms with Crippen molar-refractivity contribution in [2.75, 3.05) is 25.0 Å². The van der Waals surface area contributed by atoms with Crippen LogP contribution < -0.4 is 15.0 Å². The van der Waals surface area contributed by atoms with Crippen molar-refractivity contribution in [1.29, 1.82) is 0 Å². The van der Waals surface area contributed by atoms with Crippen LogP contribution >= 0.6 is 0 Å². The van der Waals surface area contributed by atoms with Crippen LogP contribution in [0.25, 0.3) is 0 Å². The molecule has 1 saturated carbocycles. The minimum Gasteiger partial charge on any atom is -0.406 e. The van der Waals surface area contributed by atoms with E-state index in [4.69, 9.17) is 0 Å². The predicted molar refractivity (Wildman–Crippen MR) is 79.2 cm³/mol. The lowest BCUT2D eigenvalue weighted by atomic mass is 9.91. The molecule has 2 aliphatic rings. The standard InChI is InChI=1S/C16H19F3N2O2/c1-21(11-3-2-4-12(9-11)23-16(17,18)19)14(22)13-10-15(13)5-7-20-8-6-15/h2-4,9,13,20H,5-8,10H2,1H3. The summed E-state index contributed by atoms with van der Waals surface area (Å²) in [4.78, 5) is 14.1. The van der Waals surface area contributed by atoms with E-state index in [1.807, 2.05) is 0 Å². The highest BCUT2D eigenvalue weighted by molar-refractivity contribution is 5.97. The first-order valence-electron chi connectivity index (χ1n) is 7.65. The predicted octanol–water partition coefficient (Wildman–Crippen LogP) is 2.94. The second-order valence-corrected chi connectivity index (χ2v) is 6.31. The number of alkyl halides is 3. The van der Waals surface area contributed by atoms with E-state index in [-0.39, 0.29) is 23.0 Å². The number of nitrogens with zero attached hydrogens (tertiary/aromatic N) is 1. The number of benzene rings is 1. The van der Waals surface area contributed by atoms with Gasteiger partial charge in [0.05, 0.1) is 0 Å². The molecule has 1 aliphatic heterocycles. The Kier molecular flexibility index (Phi) is 4.00. The van der Waals surface area contributed by atoms with Gasteiger partial charge < -0.3 is 15.0 Å². The van der Waals surface area contributed by atoms with E-state index >= 15 is 0 Å². The third-order valence-corrected chi connectivity index (χ3v) is 4.86. The SMILES string of the molecule is CN(C(=O)C1CC12CCNCC2)c1cccc(OC(F)(F)F)c1. The summed E-state index contributed by atoms with van der Waals surface area (Å²) in [7, 11) is 1.60. The van der Waals surface area contributed by atoms with Gasteiger partial charge in [0.25, 0.3) is 0 Å². The lowest BCUT2D eigenvalue weighted by Crippen LogP contribution is -2.34. The Balaban J connectivity index is 1.69. The number of halogens is 3. The van der Waals surface area contributed by atoms with Crippen molar-refractivity contribution in [3.8, 4) is 5.75 Å². The summed E-state index contributed by atoms with van der Waals surface area (Å²) in [5.74, 6) is -0.375. The van der Waals surface area contributed by atoms with Crippen LogP contribution in [0.1, 0.15) is 19.3 Å². The van der Waals surface area contributed by atoms with E-state index in [9.17, 15) is 18.0 Å². The van der Waals surface area contributed by atoms with E-state index < -0.39 is 6.36 Å². The van der Waals surface area contributed by atoms with Gasteiger partial charge in [0.2, 0.25) is 5.91 Å². The number of rotatable bonds is 3. The zero-order valence-corrected chi connectivity index (χ0v) is 12.8. The van der Waals surface area contributed by atoms with Gasteiger partial charge in [0.1, 0.15) is 5.75 Å². The fraction of sp³-hybridized carbons (Fsp3) is 0.562.